The van der Waals surface area contributed by atoms with E-state index in [0.29, 0.717) is 6.42 Å². The van der Waals surface area contributed by atoms with Crippen LogP contribution in [0.25, 0.3) is 0 Å². The average Bonchev–Trinajstić information content (AvgIpc) is 3.14. The number of ketones is 1. The number of carbonyl (C=O) groups excluding carboxylic acids is 1. The van der Waals surface area contributed by atoms with Crippen LogP contribution in [0.5, 0.6) is 5.75 Å². The van der Waals surface area contributed by atoms with Crippen LogP contribution in [0, 0.1) is 5.92 Å². The Labute approximate surface area is 102 Å². The smallest absolute Gasteiger partial charge is 0.163 e. The molecule has 0 aromatic heterocycles. The normalized spacial score (nSPS) is 18.9. The zero-order valence-corrected chi connectivity index (χ0v) is 10.1. The molecule has 0 N–H and O–H groups in total. The van der Waals surface area contributed by atoms with Gasteiger partial charge in [0.2, 0.25) is 0 Å². The zero-order chi connectivity index (χ0) is 11.7. The second kappa shape index (κ2) is 4.52. The number of aryl methyl sites for hydroxylation is 1. The van der Waals surface area contributed by atoms with Crippen molar-refractivity contribution in [2.24, 2.45) is 5.92 Å². The third-order valence-corrected chi connectivity index (χ3v) is 3.72. The van der Waals surface area contributed by atoms with Crippen LogP contribution in [0.3, 0.4) is 0 Å². The molecule has 0 unspecified atom stereocenters. The fourth-order valence-electron chi connectivity index (χ4n) is 2.45. The summed E-state index contributed by atoms with van der Waals surface area (Å²) >= 11 is 0. The van der Waals surface area contributed by atoms with Crippen LogP contribution < -0.4 is 4.74 Å². The Hall–Kier alpha value is -1.31. The molecule has 3 rings (SSSR count). The molecule has 2 nitrogen and oxygen atoms in total. The minimum atomic E-state index is 0.277. The van der Waals surface area contributed by atoms with Gasteiger partial charge in [0.1, 0.15) is 5.75 Å². The van der Waals surface area contributed by atoms with Gasteiger partial charge in [0.25, 0.3) is 0 Å². The molecule has 0 amide bonds. The third-order valence-electron chi connectivity index (χ3n) is 3.72. The van der Waals surface area contributed by atoms with Crippen LogP contribution in [0.15, 0.2) is 18.2 Å². The number of rotatable bonds is 4. The minimum Gasteiger partial charge on any atom is -0.494 e. The van der Waals surface area contributed by atoms with Gasteiger partial charge in [-0.2, -0.15) is 0 Å². The summed E-state index contributed by atoms with van der Waals surface area (Å²) in [5.74, 6) is 2.04. The van der Waals surface area contributed by atoms with Crippen molar-refractivity contribution < 1.29 is 9.53 Å². The van der Waals surface area contributed by atoms with Crippen LogP contribution in [0.4, 0.5) is 0 Å². The Morgan fingerprint density at radius 2 is 2.12 bits per heavy atom. The maximum atomic E-state index is 11.8. The van der Waals surface area contributed by atoms with E-state index in [2.05, 4.69) is 6.07 Å². The van der Waals surface area contributed by atoms with E-state index in [0.717, 1.165) is 43.1 Å². The molecule has 2 aliphatic carbocycles. The lowest BCUT2D eigenvalue weighted by Crippen LogP contribution is -2.11. The van der Waals surface area contributed by atoms with E-state index in [1.807, 2.05) is 12.1 Å². The predicted molar refractivity (Wildman–Crippen MR) is 66.5 cm³/mol. The number of fused-ring (bicyclic) bond motifs is 1. The number of hydrogen-bond acceptors (Lipinski definition) is 2. The number of ether oxygens (including phenoxy) is 1. The molecule has 0 atom stereocenters. The van der Waals surface area contributed by atoms with Gasteiger partial charge in [-0.1, -0.05) is 18.9 Å². The lowest BCUT2D eigenvalue weighted by atomic mass is 9.90. The molecule has 2 aliphatic rings. The number of hydrogen-bond donors (Lipinski definition) is 0. The Balaban J connectivity index is 1.68. The van der Waals surface area contributed by atoms with E-state index in [-0.39, 0.29) is 5.78 Å². The number of Topliss-reactive ketones (excluding diaryl/α,β-unsaturated/α-hetero) is 1. The average molecular weight is 230 g/mol. The van der Waals surface area contributed by atoms with Crippen molar-refractivity contribution in [2.75, 3.05) is 6.61 Å². The summed E-state index contributed by atoms with van der Waals surface area (Å²) in [6.07, 6.45) is 6.61. The van der Waals surface area contributed by atoms with Crippen molar-refractivity contribution in [1.29, 1.82) is 0 Å². The molecule has 2 heteroatoms. The van der Waals surface area contributed by atoms with Crippen LogP contribution in [-0.2, 0) is 6.42 Å². The van der Waals surface area contributed by atoms with Crippen molar-refractivity contribution >= 4 is 5.78 Å². The molecule has 0 bridgehead atoms. The lowest BCUT2D eigenvalue weighted by molar-refractivity contribution is 0.0972. The molecule has 0 heterocycles. The summed E-state index contributed by atoms with van der Waals surface area (Å²) in [5.41, 5.74) is 2.08. The van der Waals surface area contributed by atoms with E-state index < -0.39 is 0 Å². The standard InChI is InChI=1S/C15H18O2/c16-15-3-1-2-12-6-7-13(10-14(12)15)17-9-8-11-4-5-11/h6-7,10-11H,1-5,8-9H2. The molecule has 90 valence electrons. The first-order chi connectivity index (χ1) is 8.33. The highest BCUT2D eigenvalue weighted by atomic mass is 16.5. The highest BCUT2D eigenvalue weighted by Crippen LogP contribution is 2.32. The van der Waals surface area contributed by atoms with Gasteiger partial charge in [0.15, 0.2) is 5.78 Å². The molecule has 0 aliphatic heterocycles. The highest BCUT2D eigenvalue weighted by molar-refractivity contribution is 5.98. The first-order valence-corrected chi connectivity index (χ1v) is 6.62. The second-order valence-corrected chi connectivity index (χ2v) is 5.18. The summed E-state index contributed by atoms with van der Waals surface area (Å²) in [4.78, 5) is 11.8. The molecule has 0 spiro atoms. The van der Waals surface area contributed by atoms with E-state index in [1.165, 1.54) is 18.4 Å². The molecule has 1 aromatic carbocycles. The van der Waals surface area contributed by atoms with Gasteiger partial charge in [0.05, 0.1) is 6.61 Å². The molecule has 1 aromatic rings. The van der Waals surface area contributed by atoms with Crippen LogP contribution in [0.1, 0.15) is 48.0 Å². The molecule has 0 radical (unpaired) electrons. The molecule has 1 fully saturated rings. The SMILES string of the molecule is O=C1CCCc2ccc(OCCC3CC3)cc21. The highest BCUT2D eigenvalue weighted by Gasteiger charge is 2.21. The second-order valence-electron chi connectivity index (χ2n) is 5.18. The Bertz CT molecular complexity index is 433. The van der Waals surface area contributed by atoms with Gasteiger partial charge in [-0.15, -0.1) is 0 Å². The van der Waals surface area contributed by atoms with Crippen LogP contribution in [0.2, 0.25) is 0 Å². The van der Waals surface area contributed by atoms with E-state index in [1.54, 1.807) is 0 Å². The molecule has 17 heavy (non-hydrogen) atoms. The van der Waals surface area contributed by atoms with Crippen LogP contribution in [-0.4, -0.2) is 12.4 Å². The van der Waals surface area contributed by atoms with Crippen molar-refractivity contribution in [3.63, 3.8) is 0 Å². The Morgan fingerprint density at radius 1 is 1.24 bits per heavy atom. The summed E-state index contributed by atoms with van der Waals surface area (Å²) in [6, 6.07) is 5.99. The van der Waals surface area contributed by atoms with Gasteiger partial charge < -0.3 is 4.74 Å². The fraction of sp³-hybridized carbons (Fsp3) is 0.533. The van der Waals surface area contributed by atoms with Crippen molar-refractivity contribution in [1.82, 2.24) is 0 Å². The number of carbonyl (C=O) groups is 1. The van der Waals surface area contributed by atoms with Gasteiger partial charge >= 0.3 is 0 Å². The lowest BCUT2D eigenvalue weighted by Gasteiger charge is -2.15. The fourth-order valence-corrected chi connectivity index (χ4v) is 2.45. The maximum absolute atomic E-state index is 11.8. The quantitative estimate of drug-likeness (QED) is 0.792. The topological polar surface area (TPSA) is 26.3 Å². The minimum absolute atomic E-state index is 0.277. The van der Waals surface area contributed by atoms with E-state index in [9.17, 15) is 4.79 Å². The summed E-state index contributed by atoms with van der Waals surface area (Å²) in [7, 11) is 0. The first-order valence-electron chi connectivity index (χ1n) is 6.62. The largest absolute Gasteiger partial charge is 0.494 e. The predicted octanol–water partition coefficient (Wildman–Crippen LogP) is 3.38. The molecule has 0 saturated heterocycles. The monoisotopic (exact) mass is 230 g/mol. The van der Waals surface area contributed by atoms with Crippen molar-refractivity contribution in [2.45, 2.75) is 38.5 Å². The maximum Gasteiger partial charge on any atom is 0.163 e. The summed E-state index contributed by atoms with van der Waals surface area (Å²) < 4.78 is 5.72. The molecule has 1 saturated carbocycles. The van der Waals surface area contributed by atoms with Crippen molar-refractivity contribution in [3.8, 4) is 5.75 Å². The first kappa shape index (κ1) is 10.8. The molecular weight excluding hydrogens is 212 g/mol. The molecular formula is C15H18O2. The van der Waals surface area contributed by atoms with Crippen LogP contribution >= 0.6 is 0 Å². The number of benzene rings is 1. The summed E-state index contributed by atoms with van der Waals surface area (Å²) in [5, 5.41) is 0. The van der Waals surface area contributed by atoms with Gasteiger partial charge in [0, 0.05) is 12.0 Å². The zero-order valence-electron chi connectivity index (χ0n) is 10.1. The Kier molecular flexibility index (Phi) is 2.87. The Morgan fingerprint density at radius 3 is 2.94 bits per heavy atom. The van der Waals surface area contributed by atoms with E-state index >= 15 is 0 Å². The van der Waals surface area contributed by atoms with Gasteiger partial charge in [-0.05, 0) is 42.9 Å². The van der Waals surface area contributed by atoms with Gasteiger partial charge in [-0.25, -0.2) is 0 Å². The van der Waals surface area contributed by atoms with E-state index in [4.69, 9.17) is 4.74 Å². The van der Waals surface area contributed by atoms with Crippen molar-refractivity contribution in [3.05, 3.63) is 29.3 Å². The van der Waals surface area contributed by atoms with Gasteiger partial charge in [-0.3, -0.25) is 4.79 Å². The third kappa shape index (κ3) is 2.51. The summed E-state index contributed by atoms with van der Waals surface area (Å²) in [6.45, 7) is 0.789.